The fourth-order valence-electron chi connectivity index (χ4n) is 3.32. The lowest BCUT2D eigenvalue weighted by Crippen LogP contribution is -2.01. The van der Waals surface area contributed by atoms with Gasteiger partial charge in [0.05, 0.1) is 17.5 Å². The summed E-state index contributed by atoms with van der Waals surface area (Å²) in [6, 6.07) is 11.8. The van der Waals surface area contributed by atoms with Gasteiger partial charge >= 0.3 is 5.97 Å². The molecule has 0 unspecified atom stereocenters. The summed E-state index contributed by atoms with van der Waals surface area (Å²) in [6.45, 7) is 0. The van der Waals surface area contributed by atoms with E-state index in [0.717, 1.165) is 35.1 Å². The van der Waals surface area contributed by atoms with Crippen LogP contribution in [0.5, 0.6) is 0 Å². The van der Waals surface area contributed by atoms with Gasteiger partial charge in [-0.15, -0.1) is 0 Å². The number of aromatic amines is 1. The molecule has 0 atom stereocenters. The zero-order chi connectivity index (χ0) is 16.5. The lowest BCUT2D eigenvalue weighted by Gasteiger charge is -2.14. The van der Waals surface area contributed by atoms with Crippen LogP contribution in [-0.2, 0) is 24.1 Å². The molecule has 24 heavy (non-hydrogen) atoms. The van der Waals surface area contributed by atoms with Crippen molar-refractivity contribution in [2.75, 3.05) is 5.32 Å². The Kier molecular flexibility index (Phi) is 3.69. The molecule has 2 aromatic carbocycles. The number of carboxylic acid groups (broad SMARTS) is 1. The van der Waals surface area contributed by atoms with Crippen LogP contribution in [0.4, 0.5) is 11.6 Å². The Hall–Kier alpha value is -2.82. The van der Waals surface area contributed by atoms with E-state index in [1.807, 2.05) is 24.3 Å². The highest BCUT2D eigenvalue weighted by Gasteiger charge is 2.12. The van der Waals surface area contributed by atoms with Gasteiger partial charge in [-0.3, -0.25) is 4.79 Å². The van der Waals surface area contributed by atoms with Gasteiger partial charge in [0.15, 0.2) is 0 Å². The second-order valence-electron chi connectivity index (χ2n) is 6.32. The summed E-state index contributed by atoms with van der Waals surface area (Å²) in [7, 11) is 0. The van der Waals surface area contributed by atoms with Crippen LogP contribution in [0.1, 0.15) is 29.5 Å². The molecule has 0 saturated carbocycles. The van der Waals surface area contributed by atoms with Gasteiger partial charge in [0.2, 0.25) is 5.95 Å². The van der Waals surface area contributed by atoms with Crippen molar-refractivity contribution in [1.82, 2.24) is 9.97 Å². The third-order valence-electron chi connectivity index (χ3n) is 4.52. The van der Waals surface area contributed by atoms with E-state index in [-0.39, 0.29) is 6.42 Å². The molecule has 1 aliphatic rings. The molecule has 0 amide bonds. The minimum absolute atomic E-state index is 0.0382. The van der Waals surface area contributed by atoms with Crippen LogP contribution in [0.2, 0.25) is 0 Å². The van der Waals surface area contributed by atoms with Crippen LogP contribution in [0.3, 0.4) is 0 Å². The first-order valence-corrected chi connectivity index (χ1v) is 8.27. The van der Waals surface area contributed by atoms with Crippen molar-refractivity contribution in [2.45, 2.75) is 32.1 Å². The summed E-state index contributed by atoms with van der Waals surface area (Å²) in [4.78, 5) is 18.7. The van der Waals surface area contributed by atoms with Gasteiger partial charge in [-0.25, -0.2) is 4.98 Å². The molecule has 1 aromatic heterocycles. The minimum atomic E-state index is -0.822. The maximum Gasteiger partial charge on any atom is 0.307 e. The second kappa shape index (κ2) is 6.00. The van der Waals surface area contributed by atoms with Crippen molar-refractivity contribution in [1.29, 1.82) is 0 Å². The lowest BCUT2D eigenvalue weighted by molar-refractivity contribution is -0.136. The summed E-state index contributed by atoms with van der Waals surface area (Å²) >= 11 is 0. The molecule has 4 rings (SSSR count). The number of carboxylic acids is 1. The standard InChI is InChI=1S/C19H19N3O2/c23-18(24)9-12-5-7-15(8-6-12)20-19-21-16-10-13-3-1-2-4-14(13)11-17(16)22-19/h5-8,10-11H,1-4,9H2,(H,23,24)(H2,20,21,22). The minimum Gasteiger partial charge on any atom is -0.481 e. The molecule has 122 valence electrons. The molecule has 0 aliphatic heterocycles. The molecule has 0 spiro atoms. The van der Waals surface area contributed by atoms with Crippen LogP contribution < -0.4 is 5.32 Å². The summed E-state index contributed by atoms with van der Waals surface area (Å²) in [5.41, 5.74) is 6.56. The average Bonchev–Trinajstić information content (AvgIpc) is 2.95. The van der Waals surface area contributed by atoms with E-state index in [1.54, 1.807) is 0 Å². The van der Waals surface area contributed by atoms with Gasteiger partial charge in [0.1, 0.15) is 0 Å². The summed E-state index contributed by atoms with van der Waals surface area (Å²) in [5, 5.41) is 12.1. The van der Waals surface area contributed by atoms with Gasteiger partial charge in [-0.05, 0) is 66.6 Å². The third kappa shape index (κ3) is 2.97. The molecule has 0 bridgehead atoms. The molecule has 0 radical (unpaired) electrons. The Labute approximate surface area is 139 Å². The fraction of sp³-hybridized carbons (Fsp3) is 0.263. The topological polar surface area (TPSA) is 78.0 Å². The number of aryl methyl sites for hydroxylation is 2. The number of carbonyl (C=O) groups is 1. The van der Waals surface area contributed by atoms with Crippen molar-refractivity contribution >= 4 is 28.6 Å². The van der Waals surface area contributed by atoms with E-state index in [4.69, 9.17) is 5.11 Å². The SMILES string of the molecule is O=C(O)Cc1ccc(Nc2nc3cc4c(cc3[nH]2)CCCC4)cc1. The Morgan fingerprint density at radius 2 is 1.83 bits per heavy atom. The van der Waals surface area contributed by atoms with Crippen molar-refractivity contribution < 1.29 is 9.90 Å². The molecule has 0 saturated heterocycles. The first-order valence-electron chi connectivity index (χ1n) is 8.27. The van der Waals surface area contributed by atoms with Crippen LogP contribution in [0.15, 0.2) is 36.4 Å². The Bertz CT molecular complexity index is 854. The fourth-order valence-corrected chi connectivity index (χ4v) is 3.32. The maximum absolute atomic E-state index is 10.7. The van der Waals surface area contributed by atoms with E-state index in [9.17, 15) is 4.79 Å². The number of aliphatic carboxylic acids is 1. The average molecular weight is 321 g/mol. The summed E-state index contributed by atoms with van der Waals surface area (Å²) in [5.74, 6) is -0.115. The first kappa shape index (κ1) is 14.8. The van der Waals surface area contributed by atoms with Gasteiger partial charge in [0, 0.05) is 5.69 Å². The Balaban J connectivity index is 1.57. The van der Waals surface area contributed by atoms with E-state index in [2.05, 4.69) is 27.4 Å². The van der Waals surface area contributed by atoms with Crippen molar-refractivity contribution in [2.24, 2.45) is 0 Å². The third-order valence-corrected chi connectivity index (χ3v) is 4.52. The molecule has 1 heterocycles. The number of H-pyrrole nitrogens is 1. The summed E-state index contributed by atoms with van der Waals surface area (Å²) in [6.07, 6.45) is 4.86. The lowest BCUT2D eigenvalue weighted by atomic mass is 9.91. The first-order chi connectivity index (χ1) is 11.7. The number of fused-ring (bicyclic) bond motifs is 2. The number of rotatable bonds is 4. The molecule has 5 nitrogen and oxygen atoms in total. The number of imidazole rings is 1. The molecular weight excluding hydrogens is 302 g/mol. The number of hydrogen-bond donors (Lipinski definition) is 3. The highest BCUT2D eigenvalue weighted by atomic mass is 16.4. The number of nitrogens with zero attached hydrogens (tertiary/aromatic N) is 1. The van der Waals surface area contributed by atoms with Crippen LogP contribution in [0, 0.1) is 0 Å². The number of hydrogen-bond acceptors (Lipinski definition) is 3. The van der Waals surface area contributed by atoms with E-state index in [0.29, 0.717) is 5.95 Å². The van der Waals surface area contributed by atoms with Crippen LogP contribution >= 0.6 is 0 Å². The largest absolute Gasteiger partial charge is 0.481 e. The number of anilines is 2. The zero-order valence-electron chi connectivity index (χ0n) is 13.3. The zero-order valence-corrected chi connectivity index (χ0v) is 13.3. The Morgan fingerprint density at radius 1 is 1.12 bits per heavy atom. The van der Waals surface area contributed by atoms with E-state index < -0.39 is 5.97 Å². The molecule has 3 N–H and O–H groups in total. The predicted molar refractivity (Wildman–Crippen MR) is 93.8 cm³/mol. The van der Waals surface area contributed by atoms with Gasteiger partial charge < -0.3 is 15.4 Å². The highest BCUT2D eigenvalue weighted by molar-refractivity contribution is 5.80. The van der Waals surface area contributed by atoms with E-state index >= 15 is 0 Å². The van der Waals surface area contributed by atoms with Crippen LogP contribution in [0.25, 0.3) is 11.0 Å². The number of nitrogens with one attached hydrogen (secondary N) is 2. The van der Waals surface area contributed by atoms with Crippen molar-refractivity contribution in [3.63, 3.8) is 0 Å². The van der Waals surface area contributed by atoms with Crippen molar-refractivity contribution in [3.8, 4) is 0 Å². The van der Waals surface area contributed by atoms with Gasteiger partial charge in [-0.2, -0.15) is 0 Å². The smallest absolute Gasteiger partial charge is 0.307 e. The highest BCUT2D eigenvalue weighted by Crippen LogP contribution is 2.27. The predicted octanol–water partition coefficient (Wildman–Crippen LogP) is 3.81. The molecule has 1 aliphatic carbocycles. The number of benzene rings is 2. The normalized spacial score (nSPS) is 13.7. The van der Waals surface area contributed by atoms with E-state index in [1.165, 1.54) is 24.0 Å². The van der Waals surface area contributed by atoms with Crippen molar-refractivity contribution in [3.05, 3.63) is 53.1 Å². The van der Waals surface area contributed by atoms with Crippen LogP contribution in [-0.4, -0.2) is 21.0 Å². The second-order valence-corrected chi connectivity index (χ2v) is 6.32. The monoisotopic (exact) mass is 321 g/mol. The molecular formula is C19H19N3O2. The quantitative estimate of drug-likeness (QED) is 0.683. The molecule has 3 aromatic rings. The molecule has 0 fully saturated rings. The molecule has 5 heteroatoms. The summed E-state index contributed by atoms with van der Waals surface area (Å²) < 4.78 is 0. The Morgan fingerprint density at radius 3 is 2.54 bits per heavy atom. The maximum atomic E-state index is 10.7. The van der Waals surface area contributed by atoms with Gasteiger partial charge in [0.25, 0.3) is 0 Å². The number of aromatic nitrogens is 2. The van der Waals surface area contributed by atoms with Gasteiger partial charge in [-0.1, -0.05) is 12.1 Å².